The van der Waals surface area contributed by atoms with Crippen molar-refractivity contribution in [1.82, 2.24) is 19.0 Å². The Bertz CT molecular complexity index is 1200. The molecule has 0 saturated carbocycles. The molecule has 8 nitrogen and oxygen atoms in total. The van der Waals surface area contributed by atoms with Crippen LogP contribution >= 0.6 is 0 Å². The van der Waals surface area contributed by atoms with Crippen LogP contribution in [0.25, 0.3) is 5.65 Å². The molecule has 170 valence electrons. The molecule has 1 amide bonds. The van der Waals surface area contributed by atoms with Gasteiger partial charge in [-0.15, -0.1) is 0 Å². The number of sulfonamides is 1. The molecule has 3 aromatic rings. The van der Waals surface area contributed by atoms with Crippen LogP contribution in [-0.4, -0.2) is 53.9 Å². The van der Waals surface area contributed by atoms with Gasteiger partial charge in [-0.2, -0.15) is 0 Å². The van der Waals surface area contributed by atoms with E-state index in [1.807, 2.05) is 35.9 Å². The maximum absolute atomic E-state index is 12.5. The fraction of sp³-hybridized carbons (Fsp3) is 0.391. The predicted octanol–water partition coefficient (Wildman–Crippen LogP) is 2.62. The van der Waals surface area contributed by atoms with Crippen LogP contribution in [0, 0.1) is 12.8 Å². The average Bonchev–Trinajstić information content (AvgIpc) is 3.18. The van der Waals surface area contributed by atoms with E-state index >= 15 is 0 Å². The highest BCUT2D eigenvalue weighted by Crippen LogP contribution is 2.19. The van der Waals surface area contributed by atoms with E-state index in [0.717, 1.165) is 29.7 Å². The van der Waals surface area contributed by atoms with Gasteiger partial charge in [-0.25, -0.2) is 17.7 Å². The zero-order valence-electron chi connectivity index (χ0n) is 18.3. The van der Waals surface area contributed by atoms with Gasteiger partial charge >= 0.3 is 0 Å². The van der Waals surface area contributed by atoms with Gasteiger partial charge in [0.15, 0.2) is 0 Å². The molecule has 1 fully saturated rings. The molecule has 0 atom stereocenters. The number of hydrogen-bond donors (Lipinski definition) is 1. The van der Waals surface area contributed by atoms with Crippen molar-refractivity contribution in [2.75, 3.05) is 25.9 Å². The van der Waals surface area contributed by atoms with Crippen molar-refractivity contribution in [1.29, 1.82) is 0 Å². The number of ether oxygens (including phenoxy) is 1. The Balaban J connectivity index is 1.25. The Hall–Kier alpha value is -2.91. The normalized spacial score (nSPS) is 15.7. The molecule has 0 radical (unpaired) electrons. The van der Waals surface area contributed by atoms with Gasteiger partial charge in [0.1, 0.15) is 18.0 Å². The summed E-state index contributed by atoms with van der Waals surface area (Å²) in [6.07, 6.45) is 6.71. The third-order valence-corrected chi connectivity index (χ3v) is 7.05. The van der Waals surface area contributed by atoms with Gasteiger partial charge < -0.3 is 14.5 Å². The highest BCUT2D eigenvalue weighted by molar-refractivity contribution is 7.88. The standard InChI is InChI=1S/C23H28N4O4S/c1-17-3-8-22-25-20(15-26(22)14-17)16-31-21-6-4-19(5-7-21)23(28)24-13-18-9-11-27(12-10-18)32(2,29)30/h3-8,14-15,18H,9-13,16H2,1-2H3,(H,24,28). The summed E-state index contributed by atoms with van der Waals surface area (Å²) in [7, 11) is -3.13. The molecule has 2 aromatic heterocycles. The predicted molar refractivity (Wildman–Crippen MR) is 122 cm³/mol. The summed E-state index contributed by atoms with van der Waals surface area (Å²) in [4.78, 5) is 17.0. The summed E-state index contributed by atoms with van der Waals surface area (Å²) in [5.41, 5.74) is 3.44. The summed E-state index contributed by atoms with van der Waals surface area (Å²) in [6, 6.07) is 11.0. The largest absolute Gasteiger partial charge is 0.487 e. The quantitative estimate of drug-likeness (QED) is 0.590. The fourth-order valence-corrected chi connectivity index (χ4v) is 4.74. The number of pyridine rings is 1. The third-order valence-electron chi connectivity index (χ3n) is 5.75. The molecule has 32 heavy (non-hydrogen) atoms. The van der Waals surface area contributed by atoms with Gasteiger partial charge in [-0.05, 0) is 61.6 Å². The Kier molecular flexibility index (Phi) is 6.48. The first-order chi connectivity index (χ1) is 15.3. The molecule has 4 rings (SSSR count). The molecular formula is C23H28N4O4S. The maximum Gasteiger partial charge on any atom is 0.251 e. The highest BCUT2D eigenvalue weighted by Gasteiger charge is 2.25. The van der Waals surface area contributed by atoms with Gasteiger partial charge in [0, 0.05) is 37.6 Å². The molecule has 0 bridgehead atoms. The number of carbonyl (C=O) groups excluding carboxylic acids is 1. The minimum absolute atomic E-state index is 0.141. The summed E-state index contributed by atoms with van der Waals surface area (Å²) >= 11 is 0. The molecular weight excluding hydrogens is 428 g/mol. The number of piperidine rings is 1. The van der Waals surface area contributed by atoms with Crippen LogP contribution in [0.5, 0.6) is 5.75 Å². The lowest BCUT2D eigenvalue weighted by Gasteiger charge is -2.30. The van der Waals surface area contributed by atoms with Gasteiger partial charge in [-0.3, -0.25) is 4.79 Å². The lowest BCUT2D eigenvalue weighted by Crippen LogP contribution is -2.41. The number of nitrogens with zero attached hydrogens (tertiary/aromatic N) is 3. The second-order valence-electron chi connectivity index (χ2n) is 8.33. The van der Waals surface area contributed by atoms with Crippen LogP contribution in [0.1, 0.15) is 34.5 Å². The van der Waals surface area contributed by atoms with Crippen molar-refractivity contribution in [2.24, 2.45) is 5.92 Å². The second-order valence-corrected chi connectivity index (χ2v) is 10.3. The molecule has 3 heterocycles. The number of imidazole rings is 1. The third kappa shape index (κ3) is 5.46. The van der Waals surface area contributed by atoms with Crippen LogP contribution in [0.15, 0.2) is 48.8 Å². The number of aryl methyl sites for hydroxylation is 1. The van der Waals surface area contributed by atoms with Gasteiger partial charge in [0.25, 0.3) is 5.91 Å². The SMILES string of the molecule is Cc1ccc2nc(COc3ccc(C(=O)NCC4CCN(S(C)(=O)=O)CC4)cc3)cn2c1. The van der Waals surface area contributed by atoms with Crippen molar-refractivity contribution < 1.29 is 17.9 Å². The lowest BCUT2D eigenvalue weighted by molar-refractivity contribution is 0.0941. The van der Waals surface area contributed by atoms with E-state index in [9.17, 15) is 13.2 Å². The number of fused-ring (bicyclic) bond motifs is 1. The zero-order valence-corrected chi connectivity index (χ0v) is 19.1. The van der Waals surface area contributed by atoms with E-state index in [4.69, 9.17) is 4.74 Å². The molecule has 1 aliphatic rings. The van der Waals surface area contributed by atoms with Crippen LogP contribution < -0.4 is 10.1 Å². The maximum atomic E-state index is 12.5. The van der Waals surface area contributed by atoms with Crippen molar-refractivity contribution >= 4 is 21.6 Å². The van der Waals surface area contributed by atoms with Crippen LogP contribution in [-0.2, 0) is 16.6 Å². The van der Waals surface area contributed by atoms with Crippen LogP contribution in [0.2, 0.25) is 0 Å². The number of aromatic nitrogens is 2. The fourth-order valence-electron chi connectivity index (χ4n) is 3.87. The smallest absolute Gasteiger partial charge is 0.251 e. The van der Waals surface area contributed by atoms with Crippen molar-refractivity contribution in [3.8, 4) is 5.75 Å². The highest BCUT2D eigenvalue weighted by atomic mass is 32.2. The zero-order chi connectivity index (χ0) is 22.7. The Labute approximate surface area is 188 Å². The Morgan fingerprint density at radius 2 is 1.84 bits per heavy atom. The number of carbonyl (C=O) groups is 1. The van der Waals surface area contributed by atoms with Crippen molar-refractivity contribution in [2.45, 2.75) is 26.4 Å². The molecule has 1 aromatic carbocycles. The molecule has 0 unspecified atom stereocenters. The summed E-state index contributed by atoms with van der Waals surface area (Å²) < 4.78 is 32.5. The molecule has 9 heteroatoms. The van der Waals surface area contributed by atoms with Crippen molar-refractivity contribution in [3.63, 3.8) is 0 Å². The molecule has 1 N–H and O–H groups in total. The van der Waals surface area contributed by atoms with E-state index in [1.54, 1.807) is 24.3 Å². The second kappa shape index (κ2) is 9.30. The molecule has 0 spiro atoms. The number of rotatable bonds is 7. The Morgan fingerprint density at radius 3 is 2.53 bits per heavy atom. The monoisotopic (exact) mass is 456 g/mol. The lowest BCUT2D eigenvalue weighted by atomic mass is 9.98. The number of hydrogen-bond acceptors (Lipinski definition) is 5. The topological polar surface area (TPSA) is 93.0 Å². The van der Waals surface area contributed by atoms with E-state index in [2.05, 4.69) is 10.3 Å². The number of benzene rings is 1. The van der Waals surface area contributed by atoms with E-state index < -0.39 is 10.0 Å². The summed E-state index contributed by atoms with van der Waals surface area (Å²) in [5, 5.41) is 2.96. The summed E-state index contributed by atoms with van der Waals surface area (Å²) in [6.45, 7) is 3.95. The summed E-state index contributed by atoms with van der Waals surface area (Å²) in [5.74, 6) is 0.814. The number of nitrogens with one attached hydrogen (secondary N) is 1. The van der Waals surface area contributed by atoms with E-state index in [1.165, 1.54) is 10.6 Å². The van der Waals surface area contributed by atoms with Crippen LogP contribution in [0.3, 0.4) is 0 Å². The van der Waals surface area contributed by atoms with Crippen LogP contribution in [0.4, 0.5) is 0 Å². The van der Waals surface area contributed by atoms with Gasteiger partial charge in [0.05, 0.1) is 11.9 Å². The minimum Gasteiger partial charge on any atom is -0.487 e. The first-order valence-corrected chi connectivity index (χ1v) is 12.5. The number of amides is 1. The first-order valence-electron chi connectivity index (χ1n) is 10.7. The first kappa shape index (κ1) is 22.3. The molecule has 1 saturated heterocycles. The molecule has 1 aliphatic heterocycles. The van der Waals surface area contributed by atoms with E-state index in [0.29, 0.717) is 37.6 Å². The van der Waals surface area contributed by atoms with Gasteiger partial charge in [-0.1, -0.05) is 6.07 Å². The Morgan fingerprint density at radius 1 is 1.12 bits per heavy atom. The van der Waals surface area contributed by atoms with E-state index in [-0.39, 0.29) is 11.8 Å². The average molecular weight is 457 g/mol. The molecule has 0 aliphatic carbocycles. The van der Waals surface area contributed by atoms with Gasteiger partial charge in [0.2, 0.25) is 10.0 Å². The minimum atomic E-state index is -3.13. The van der Waals surface area contributed by atoms with Crippen molar-refractivity contribution in [3.05, 3.63) is 65.6 Å².